The molecule has 0 aliphatic carbocycles. The van der Waals surface area contributed by atoms with Gasteiger partial charge in [0.15, 0.2) is 0 Å². The summed E-state index contributed by atoms with van der Waals surface area (Å²) in [4.78, 5) is 23.0. The molecule has 110 valence electrons. The van der Waals surface area contributed by atoms with E-state index >= 15 is 0 Å². The van der Waals surface area contributed by atoms with Gasteiger partial charge in [-0.1, -0.05) is 35.5 Å². The molecule has 2 rings (SSSR count). The van der Waals surface area contributed by atoms with Crippen LogP contribution in [0.4, 0.5) is 0 Å². The first kappa shape index (κ1) is 14.7. The second-order valence-corrected chi connectivity index (χ2v) is 4.56. The number of carboxylic acids is 1. The molecule has 1 unspecified atom stereocenters. The fourth-order valence-corrected chi connectivity index (χ4v) is 1.88. The number of aliphatic carboxylic acids is 1. The van der Waals surface area contributed by atoms with E-state index in [1.807, 2.05) is 30.3 Å². The normalized spacial score (nSPS) is 11.8. The molecule has 2 N–H and O–H groups in total. The number of aryl methyl sites for hydroxylation is 1. The quantitative estimate of drug-likeness (QED) is 0.772. The molecule has 1 atom stereocenters. The van der Waals surface area contributed by atoms with Gasteiger partial charge in [-0.05, 0) is 5.56 Å². The Morgan fingerprint density at radius 3 is 2.67 bits per heavy atom. The van der Waals surface area contributed by atoms with Crippen LogP contribution in [0.1, 0.15) is 12.0 Å². The van der Waals surface area contributed by atoms with Gasteiger partial charge in [0.25, 0.3) is 0 Å². The zero-order valence-electron chi connectivity index (χ0n) is 11.3. The van der Waals surface area contributed by atoms with Crippen molar-refractivity contribution >= 4 is 11.9 Å². The SMILES string of the molecule is O=C(CCn1ccnn1)NC(Cc1ccccc1)C(=O)O. The molecule has 7 heteroatoms. The van der Waals surface area contributed by atoms with Gasteiger partial charge in [-0.3, -0.25) is 9.48 Å². The lowest BCUT2D eigenvalue weighted by Gasteiger charge is -2.14. The minimum Gasteiger partial charge on any atom is -0.480 e. The molecule has 0 saturated heterocycles. The molecule has 0 saturated carbocycles. The van der Waals surface area contributed by atoms with E-state index in [-0.39, 0.29) is 18.7 Å². The van der Waals surface area contributed by atoms with Gasteiger partial charge in [0.1, 0.15) is 6.04 Å². The number of hydrogen-bond acceptors (Lipinski definition) is 4. The Balaban J connectivity index is 1.87. The highest BCUT2D eigenvalue weighted by Gasteiger charge is 2.20. The third-order valence-corrected chi connectivity index (χ3v) is 2.96. The largest absolute Gasteiger partial charge is 0.480 e. The molecule has 7 nitrogen and oxygen atoms in total. The zero-order valence-corrected chi connectivity index (χ0v) is 11.3. The maximum Gasteiger partial charge on any atom is 0.326 e. The van der Waals surface area contributed by atoms with Gasteiger partial charge in [-0.2, -0.15) is 0 Å². The van der Waals surface area contributed by atoms with Crippen molar-refractivity contribution in [3.63, 3.8) is 0 Å². The first-order valence-corrected chi connectivity index (χ1v) is 6.55. The molecule has 1 heterocycles. The third-order valence-electron chi connectivity index (χ3n) is 2.96. The van der Waals surface area contributed by atoms with Gasteiger partial charge < -0.3 is 10.4 Å². The summed E-state index contributed by atoms with van der Waals surface area (Å²) in [7, 11) is 0. The number of carbonyl (C=O) groups excluding carboxylic acids is 1. The second-order valence-electron chi connectivity index (χ2n) is 4.56. The highest BCUT2D eigenvalue weighted by Crippen LogP contribution is 2.04. The van der Waals surface area contributed by atoms with Crippen LogP contribution in [0.15, 0.2) is 42.7 Å². The van der Waals surface area contributed by atoms with Crippen LogP contribution in [0.2, 0.25) is 0 Å². The molecule has 1 aromatic carbocycles. The van der Waals surface area contributed by atoms with E-state index < -0.39 is 12.0 Å². The first-order chi connectivity index (χ1) is 10.1. The van der Waals surface area contributed by atoms with Crippen molar-refractivity contribution in [1.29, 1.82) is 0 Å². The Morgan fingerprint density at radius 1 is 1.29 bits per heavy atom. The summed E-state index contributed by atoms with van der Waals surface area (Å²) in [6, 6.07) is 8.25. The minimum atomic E-state index is -1.05. The van der Waals surface area contributed by atoms with Crippen molar-refractivity contribution in [3.05, 3.63) is 48.3 Å². The van der Waals surface area contributed by atoms with Crippen LogP contribution in [-0.2, 0) is 22.6 Å². The standard InChI is InChI=1S/C14H16N4O3/c19-13(6-8-18-9-7-15-17-18)16-12(14(20)21)10-11-4-2-1-3-5-11/h1-5,7,9,12H,6,8,10H2,(H,16,19)(H,20,21). The Hall–Kier alpha value is -2.70. The number of amides is 1. The van der Waals surface area contributed by atoms with Gasteiger partial charge in [-0.15, -0.1) is 5.10 Å². The molecule has 2 aromatic rings. The lowest BCUT2D eigenvalue weighted by Crippen LogP contribution is -2.42. The van der Waals surface area contributed by atoms with Crippen molar-refractivity contribution < 1.29 is 14.7 Å². The van der Waals surface area contributed by atoms with Gasteiger partial charge in [0.05, 0.1) is 12.7 Å². The molecule has 0 aliphatic rings. The lowest BCUT2D eigenvalue weighted by molar-refractivity contribution is -0.141. The molecule has 1 amide bonds. The Kier molecular flexibility index (Phi) is 5.03. The van der Waals surface area contributed by atoms with E-state index in [2.05, 4.69) is 15.6 Å². The van der Waals surface area contributed by atoms with Crippen LogP contribution in [-0.4, -0.2) is 38.0 Å². The fraction of sp³-hybridized carbons (Fsp3) is 0.286. The van der Waals surface area contributed by atoms with E-state index in [4.69, 9.17) is 0 Å². The second kappa shape index (κ2) is 7.18. The maximum absolute atomic E-state index is 11.8. The van der Waals surface area contributed by atoms with Crippen molar-refractivity contribution in [2.45, 2.75) is 25.4 Å². The summed E-state index contributed by atoms with van der Waals surface area (Å²) in [5.41, 5.74) is 0.862. The van der Waals surface area contributed by atoms with E-state index in [0.717, 1.165) is 5.56 Å². The predicted molar refractivity (Wildman–Crippen MR) is 74.4 cm³/mol. The van der Waals surface area contributed by atoms with E-state index in [1.165, 1.54) is 10.9 Å². The first-order valence-electron chi connectivity index (χ1n) is 6.55. The number of nitrogens with one attached hydrogen (secondary N) is 1. The Labute approximate surface area is 121 Å². The number of aromatic nitrogens is 3. The molecule has 1 aromatic heterocycles. The molecular formula is C14H16N4O3. The number of benzene rings is 1. The molecular weight excluding hydrogens is 272 g/mol. The fourth-order valence-electron chi connectivity index (χ4n) is 1.88. The number of nitrogens with zero attached hydrogens (tertiary/aromatic N) is 3. The summed E-state index contributed by atoms with van der Waals surface area (Å²) >= 11 is 0. The monoisotopic (exact) mass is 288 g/mol. The minimum absolute atomic E-state index is 0.155. The number of hydrogen-bond donors (Lipinski definition) is 2. The highest BCUT2D eigenvalue weighted by atomic mass is 16.4. The number of carboxylic acid groups (broad SMARTS) is 1. The highest BCUT2D eigenvalue weighted by molar-refractivity contribution is 5.83. The molecule has 0 aliphatic heterocycles. The Morgan fingerprint density at radius 2 is 2.05 bits per heavy atom. The van der Waals surface area contributed by atoms with E-state index in [9.17, 15) is 14.7 Å². The average Bonchev–Trinajstić information content (AvgIpc) is 2.99. The number of rotatable bonds is 7. The van der Waals surface area contributed by atoms with Crippen molar-refractivity contribution in [2.75, 3.05) is 0 Å². The van der Waals surface area contributed by atoms with Crippen LogP contribution in [0.3, 0.4) is 0 Å². The van der Waals surface area contributed by atoms with Gasteiger partial charge in [0, 0.05) is 19.0 Å². The lowest BCUT2D eigenvalue weighted by atomic mass is 10.1. The van der Waals surface area contributed by atoms with Crippen LogP contribution < -0.4 is 5.32 Å². The van der Waals surface area contributed by atoms with E-state index in [0.29, 0.717) is 6.54 Å². The average molecular weight is 288 g/mol. The number of carbonyl (C=O) groups is 2. The van der Waals surface area contributed by atoms with Crippen molar-refractivity contribution in [2.24, 2.45) is 0 Å². The maximum atomic E-state index is 11.8. The topological polar surface area (TPSA) is 97.1 Å². The van der Waals surface area contributed by atoms with Gasteiger partial charge >= 0.3 is 5.97 Å². The predicted octanol–water partition coefficient (Wildman–Crippen LogP) is 0.480. The molecule has 0 fully saturated rings. The smallest absolute Gasteiger partial charge is 0.326 e. The Bertz CT molecular complexity index is 584. The third kappa shape index (κ3) is 4.72. The van der Waals surface area contributed by atoms with Crippen LogP contribution in [0.5, 0.6) is 0 Å². The molecule has 0 spiro atoms. The van der Waals surface area contributed by atoms with E-state index in [1.54, 1.807) is 6.20 Å². The summed E-state index contributed by atoms with van der Waals surface area (Å²) in [6.45, 7) is 0.365. The summed E-state index contributed by atoms with van der Waals surface area (Å²) in [5.74, 6) is -1.37. The molecule has 0 radical (unpaired) electrons. The summed E-state index contributed by atoms with van der Waals surface area (Å²) < 4.78 is 1.52. The van der Waals surface area contributed by atoms with Crippen LogP contribution in [0.25, 0.3) is 0 Å². The van der Waals surface area contributed by atoms with Crippen molar-refractivity contribution in [1.82, 2.24) is 20.3 Å². The zero-order chi connectivity index (χ0) is 15.1. The summed E-state index contributed by atoms with van der Waals surface area (Å²) in [6.07, 6.45) is 3.58. The van der Waals surface area contributed by atoms with Crippen LogP contribution in [0, 0.1) is 0 Å². The molecule has 0 bridgehead atoms. The van der Waals surface area contributed by atoms with Crippen LogP contribution >= 0.6 is 0 Å². The van der Waals surface area contributed by atoms with Gasteiger partial charge in [-0.25, -0.2) is 4.79 Å². The van der Waals surface area contributed by atoms with Gasteiger partial charge in [0.2, 0.25) is 5.91 Å². The summed E-state index contributed by atoms with van der Waals surface area (Å²) in [5, 5.41) is 19.1. The van der Waals surface area contributed by atoms with Crippen molar-refractivity contribution in [3.8, 4) is 0 Å². The molecule has 21 heavy (non-hydrogen) atoms.